The van der Waals surface area contributed by atoms with Crippen LogP contribution in [0.25, 0.3) is 0 Å². The van der Waals surface area contributed by atoms with Crippen molar-refractivity contribution in [2.24, 2.45) is 11.8 Å². The van der Waals surface area contributed by atoms with Crippen LogP contribution in [0.1, 0.15) is 78.6 Å². The maximum Gasteiger partial charge on any atom is 0.248 e. The van der Waals surface area contributed by atoms with Crippen molar-refractivity contribution >= 4 is 23.4 Å². The second kappa shape index (κ2) is 15.4. The monoisotopic (exact) mass is 623 g/mol. The number of hydrogen-bond acceptors (Lipinski definition) is 6. The number of nitrogens with zero attached hydrogens (tertiary/aromatic N) is 3. The summed E-state index contributed by atoms with van der Waals surface area (Å²) in [6.07, 6.45) is 10.1. The van der Waals surface area contributed by atoms with Crippen LogP contribution in [-0.4, -0.2) is 89.3 Å². The number of carbonyl (C=O) groups excluding carboxylic acids is 3. The number of rotatable bonds is 19. The number of amides is 3. The highest BCUT2D eigenvalue weighted by atomic mass is 16.5. The molecular weight excluding hydrogens is 570 g/mol. The number of unbranched alkanes of at least 4 members (excludes halogenated alkanes) is 4. The minimum atomic E-state index is -1.08. The van der Waals surface area contributed by atoms with Crippen LogP contribution in [0.5, 0.6) is 5.75 Å². The third kappa shape index (κ3) is 6.57. The molecule has 1 spiro atoms. The summed E-state index contributed by atoms with van der Waals surface area (Å²) >= 11 is 0. The highest BCUT2D eigenvalue weighted by molar-refractivity contribution is 6.03. The highest BCUT2D eigenvalue weighted by Gasteiger charge is 2.79. The fourth-order valence-electron chi connectivity index (χ4n) is 7.87. The van der Waals surface area contributed by atoms with E-state index in [0.29, 0.717) is 69.8 Å². The van der Waals surface area contributed by atoms with Gasteiger partial charge in [-0.3, -0.25) is 14.4 Å². The van der Waals surface area contributed by atoms with E-state index in [2.05, 4.69) is 20.1 Å². The zero-order chi connectivity index (χ0) is 32.6. The maximum atomic E-state index is 14.7. The van der Waals surface area contributed by atoms with Gasteiger partial charge in [0.05, 0.1) is 24.0 Å². The largest absolute Gasteiger partial charge is 0.494 e. The molecule has 248 valence electrons. The summed E-state index contributed by atoms with van der Waals surface area (Å²) in [6, 6.07) is 6.58. The van der Waals surface area contributed by atoms with Crippen molar-refractivity contribution in [1.29, 1.82) is 0 Å². The van der Waals surface area contributed by atoms with Gasteiger partial charge in [0.2, 0.25) is 17.7 Å². The van der Waals surface area contributed by atoms with Gasteiger partial charge in [-0.05, 0) is 76.1 Å². The second-order valence-electron chi connectivity index (χ2n) is 12.6. The van der Waals surface area contributed by atoms with Gasteiger partial charge in [-0.2, -0.15) is 0 Å². The number of carbonyl (C=O) groups is 3. The Bertz CT molecular complexity index is 1200. The fourth-order valence-corrected chi connectivity index (χ4v) is 7.87. The lowest BCUT2D eigenvalue weighted by Crippen LogP contribution is -2.56. The molecule has 9 nitrogen and oxygen atoms in total. The van der Waals surface area contributed by atoms with Crippen LogP contribution >= 0.6 is 0 Å². The van der Waals surface area contributed by atoms with E-state index in [4.69, 9.17) is 9.47 Å². The molecule has 2 bridgehead atoms. The predicted octanol–water partition coefficient (Wildman–Crippen LogP) is 5.13. The lowest BCUT2D eigenvalue weighted by molar-refractivity contribution is -0.152. The first-order valence-corrected chi connectivity index (χ1v) is 16.9. The Morgan fingerprint density at radius 3 is 2.38 bits per heavy atom. The number of ether oxygens (including phenoxy) is 2. The third-order valence-corrected chi connectivity index (χ3v) is 9.97. The maximum absolute atomic E-state index is 14.7. The minimum absolute atomic E-state index is 0.0802. The SMILES string of the molecule is C=CCN(CCCCC)C(=O)C1N(CCCCCO)C(=O)[C@@H]2[C@H](C(=O)N(CC=C)c3ccc(OCC)cc3)[C@]3(CC)CCC12O3. The summed E-state index contributed by atoms with van der Waals surface area (Å²) in [7, 11) is 0. The van der Waals surface area contributed by atoms with Crippen molar-refractivity contribution < 1.29 is 29.0 Å². The molecule has 3 aliphatic heterocycles. The Labute approximate surface area is 269 Å². The minimum Gasteiger partial charge on any atom is -0.494 e. The molecule has 0 aliphatic carbocycles. The van der Waals surface area contributed by atoms with Gasteiger partial charge in [0.1, 0.15) is 17.4 Å². The quantitative estimate of drug-likeness (QED) is 0.170. The summed E-state index contributed by atoms with van der Waals surface area (Å²) in [5.41, 5.74) is -1.22. The summed E-state index contributed by atoms with van der Waals surface area (Å²) < 4.78 is 12.6. The first-order chi connectivity index (χ1) is 21.8. The molecule has 1 aromatic carbocycles. The Morgan fingerprint density at radius 1 is 1.02 bits per heavy atom. The first kappa shape index (κ1) is 34.7. The van der Waals surface area contributed by atoms with Gasteiger partial charge < -0.3 is 29.3 Å². The van der Waals surface area contributed by atoms with Crippen LogP contribution < -0.4 is 9.64 Å². The summed E-state index contributed by atoms with van der Waals surface area (Å²) in [4.78, 5) is 49.1. The van der Waals surface area contributed by atoms with E-state index in [9.17, 15) is 19.5 Å². The van der Waals surface area contributed by atoms with E-state index >= 15 is 0 Å². The molecule has 9 heteroatoms. The van der Waals surface area contributed by atoms with Gasteiger partial charge in [-0.1, -0.05) is 38.8 Å². The molecule has 3 aliphatic rings. The molecule has 1 N–H and O–H groups in total. The van der Waals surface area contributed by atoms with Crippen LogP contribution in [0.2, 0.25) is 0 Å². The Morgan fingerprint density at radius 2 is 1.76 bits per heavy atom. The molecule has 5 atom stereocenters. The molecule has 4 rings (SSSR count). The van der Waals surface area contributed by atoms with Gasteiger partial charge in [0.15, 0.2) is 0 Å². The summed E-state index contributed by atoms with van der Waals surface area (Å²) in [6.45, 7) is 16.1. The Balaban J connectivity index is 1.75. The average molecular weight is 624 g/mol. The molecule has 1 aromatic rings. The van der Waals surface area contributed by atoms with Crippen molar-refractivity contribution in [3.8, 4) is 5.75 Å². The van der Waals surface area contributed by atoms with Crippen molar-refractivity contribution in [3.63, 3.8) is 0 Å². The van der Waals surface area contributed by atoms with Gasteiger partial charge in [0.25, 0.3) is 0 Å². The Kier molecular flexibility index (Phi) is 11.9. The van der Waals surface area contributed by atoms with Crippen molar-refractivity contribution in [2.45, 2.75) is 95.8 Å². The molecule has 3 saturated heterocycles. The predicted molar refractivity (Wildman–Crippen MR) is 176 cm³/mol. The zero-order valence-corrected chi connectivity index (χ0v) is 27.5. The molecule has 0 radical (unpaired) electrons. The summed E-state index contributed by atoms with van der Waals surface area (Å²) in [5, 5.41) is 9.36. The second-order valence-corrected chi connectivity index (χ2v) is 12.6. The van der Waals surface area contributed by atoms with Gasteiger partial charge >= 0.3 is 0 Å². The molecular formula is C36H53N3O6. The molecule has 2 unspecified atom stereocenters. The van der Waals surface area contributed by atoms with Crippen molar-refractivity contribution in [1.82, 2.24) is 9.80 Å². The van der Waals surface area contributed by atoms with Crippen molar-refractivity contribution in [3.05, 3.63) is 49.6 Å². The number of anilines is 1. The molecule has 45 heavy (non-hydrogen) atoms. The van der Waals surface area contributed by atoms with Crippen LogP contribution in [0.3, 0.4) is 0 Å². The van der Waals surface area contributed by atoms with Gasteiger partial charge in [-0.25, -0.2) is 0 Å². The van der Waals surface area contributed by atoms with Crippen LogP contribution in [0, 0.1) is 11.8 Å². The smallest absolute Gasteiger partial charge is 0.248 e. The number of hydrogen-bond donors (Lipinski definition) is 1. The number of aliphatic hydroxyl groups excluding tert-OH is 1. The lowest BCUT2D eigenvalue weighted by atomic mass is 9.64. The topological polar surface area (TPSA) is 99.6 Å². The van der Waals surface area contributed by atoms with E-state index in [-0.39, 0.29) is 30.9 Å². The standard InChI is InChI=1S/C36H53N3O6/c1-6-11-13-24-37(22-7-2)34(43)31-36-21-20-35(9-4,45-36)29(30(36)33(42)39(31)25-14-12-15-26-40)32(41)38(23-8-3)27-16-18-28(19-17-27)44-10-5/h7-8,16-19,29-31,40H,2-3,6,9-15,20-26H2,1,4-5H3/t29-,30+,31?,35+,36?/m1/s1. The zero-order valence-electron chi connectivity index (χ0n) is 27.5. The molecule has 0 saturated carbocycles. The van der Waals surface area contributed by atoms with E-state index in [1.165, 1.54) is 0 Å². The molecule has 0 aromatic heterocycles. The van der Waals surface area contributed by atoms with E-state index in [1.54, 1.807) is 22.0 Å². The van der Waals surface area contributed by atoms with E-state index in [1.807, 2.05) is 43.0 Å². The number of aliphatic hydroxyl groups is 1. The lowest BCUT2D eigenvalue weighted by Gasteiger charge is -2.37. The van der Waals surface area contributed by atoms with Crippen LogP contribution in [0.4, 0.5) is 5.69 Å². The van der Waals surface area contributed by atoms with Gasteiger partial charge in [0, 0.05) is 38.5 Å². The fraction of sp³-hybridized carbons (Fsp3) is 0.639. The molecule has 3 heterocycles. The summed E-state index contributed by atoms with van der Waals surface area (Å²) in [5.74, 6) is -1.27. The van der Waals surface area contributed by atoms with Crippen molar-refractivity contribution in [2.75, 3.05) is 44.3 Å². The van der Waals surface area contributed by atoms with Crippen LogP contribution in [0.15, 0.2) is 49.6 Å². The number of likely N-dealkylation sites (tertiary alicyclic amines) is 1. The Hall–Kier alpha value is -3.17. The molecule has 3 amide bonds. The van der Waals surface area contributed by atoms with Gasteiger partial charge in [-0.15, -0.1) is 13.2 Å². The normalized spacial score (nSPS) is 26.5. The average Bonchev–Trinajstić information content (AvgIpc) is 3.65. The third-order valence-electron chi connectivity index (χ3n) is 9.97. The first-order valence-electron chi connectivity index (χ1n) is 16.9. The number of fused-ring (bicyclic) bond motifs is 1. The van der Waals surface area contributed by atoms with E-state index < -0.39 is 29.1 Å². The number of benzene rings is 1. The van der Waals surface area contributed by atoms with E-state index in [0.717, 1.165) is 25.7 Å². The molecule has 3 fully saturated rings. The van der Waals surface area contributed by atoms with Crippen LogP contribution in [-0.2, 0) is 19.1 Å². The highest BCUT2D eigenvalue weighted by Crippen LogP contribution is 2.64.